The van der Waals surface area contributed by atoms with E-state index >= 15 is 0 Å². The van der Waals surface area contributed by atoms with E-state index in [0.29, 0.717) is 6.54 Å². The fraction of sp³-hybridized carbons (Fsp3) is 0.154. The van der Waals surface area contributed by atoms with E-state index in [-0.39, 0.29) is 22.0 Å². The number of nitrogens with one attached hydrogen (secondary N) is 2. The molecule has 19 heavy (non-hydrogen) atoms. The lowest BCUT2D eigenvalue weighted by Gasteiger charge is -2.11. The number of rotatable bonds is 4. The summed E-state index contributed by atoms with van der Waals surface area (Å²) < 4.78 is 0. The van der Waals surface area contributed by atoms with E-state index < -0.39 is 0 Å². The van der Waals surface area contributed by atoms with Gasteiger partial charge < -0.3 is 5.32 Å². The van der Waals surface area contributed by atoms with E-state index in [9.17, 15) is 9.59 Å². The van der Waals surface area contributed by atoms with Gasteiger partial charge in [0, 0.05) is 12.6 Å². The summed E-state index contributed by atoms with van der Waals surface area (Å²) in [6.45, 7) is 0.434. The number of hydrogen-bond donors (Lipinski definition) is 2. The Balaban J connectivity index is 1.94. The average Bonchev–Trinajstić information content (AvgIpc) is 2.46. The molecule has 0 aliphatic rings. The molecule has 1 unspecified atom stereocenters. The van der Waals surface area contributed by atoms with Gasteiger partial charge in [-0.2, -0.15) is 5.10 Å². The topological polar surface area (TPSA) is 74.8 Å². The van der Waals surface area contributed by atoms with Crippen molar-refractivity contribution in [1.29, 1.82) is 0 Å². The zero-order chi connectivity index (χ0) is 13.7. The third-order valence-corrected chi connectivity index (χ3v) is 3.37. The summed E-state index contributed by atoms with van der Waals surface area (Å²) in [4.78, 5) is 22.6. The Morgan fingerprint density at radius 1 is 1.26 bits per heavy atom. The number of aromatic nitrogens is 2. The molecule has 0 aliphatic heterocycles. The number of amides is 1. The van der Waals surface area contributed by atoms with Crippen LogP contribution in [-0.2, 0) is 0 Å². The van der Waals surface area contributed by atoms with Gasteiger partial charge in [0.1, 0.15) is 5.69 Å². The van der Waals surface area contributed by atoms with Gasteiger partial charge in [0.25, 0.3) is 11.5 Å². The van der Waals surface area contributed by atoms with E-state index in [1.54, 1.807) is 0 Å². The highest BCUT2D eigenvalue weighted by atomic mass is 79.9. The first-order chi connectivity index (χ1) is 9.16. The minimum absolute atomic E-state index is 0.0282. The molecular weight excluding hydrogens is 310 g/mol. The average molecular weight is 322 g/mol. The van der Waals surface area contributed by atoms with Crippen LogP contribution in [0.4, 0.5) is 0 Å². The van der Waals surface area contributed by atoms with E-state index in [0.717, 1.165) is 5.56 Å². The van der Waals surface area contributed by atoms with Crippen molar-refractivity contribution in [1.82, 2.24) is 15.5 Å². The molecule has 1 heterocycles. The van der Waals surface area contributed by atoms with Gasteiger partial charge in [-0.05, 0) is 11.6 Å². The van der Waals surface area contributed by atoms with Crippen molar-refractivity contribution in [3.63, 3.8) is 0 Å². The Hall–Kier alpha value is -1.95. The maximum absolute atomic E-state index is 11.8. The first-order valence-electron chi connectivity index (χ1n) is 5.70. The number of hydrogen-bond acceptors (Lipinski definition) is 3. The second-order valence-corrected chi connectivity index (χ2v) is 5.00. The molecule has 1 aromatic carbocycles. The lowest BCUT2D eigenvalue weighted by atomic mass is 10.1. The lowest BCUT2D eigenvalue weighted by Crippen LogP contribution is -2.28. The standard InChI is InChI=1S/C13H12BrN3O2/c14-10(9-4-2-1-3-5-9)8-15-13(19)11-6-7-12(18)17-16-11/h1-7,10H,8H2,(H,15,19)(H,17,18). The van der Waals surface area contributed by atoms with Crippen LogP contribution in [0.15, 0.2) is 47.3 Å². The number of carbonyl (C=O) groups is 1. The van der Waals surface area contributed by atoms with Crippen LogP contribution in [0.5, 0.6) is 0 Å². The number of halogens is 1. The number of alkyl halides is 1. The minimum atomic E-state index is -0.334. The van der Waals surface area contributed by atoms with Crippen molar-refractivity contribution < 1.29 is 4.79 Å². The van der Waals surface area contributed by atoms with Crippen molar-refractivity contribution in [2.75, 3.05) is 6.54 Å². The van der Waals surface area contributed by atoms with Gasteiger partial charge in [-0.15, -0.1) is 0 Å². The van der Waals surface area contributed by atoms with Gasteiger partial charge in [-0.25, -0.2) is 5.10 Å². The Kier molecular flexibility index (Phi) is 4.46. The number of H-pyrrole nitrogens is 1. The van der Waals surface area contributed by atoms with Crippen LogP contribution in [0.25, 0.3) is 0 Å². The lowest BCUT2D eigenvalue weighted by molar-refractivity contribution is 0.0948. The second kappa shape index (κ2) is 6.29. The van der Waals surface area contributed by atoms with E-state index in [4.69, 9.17) is 0 Å². The molecule has 0 saturated heterocycles. The summed E-state index contributed by atoms with van der Waals surface area (Å²) in [5.41, 5.74) is 0.934. The number of nitrogens with zero attached hydrogens (tertiary/aromatic N) is 1. The Morgan fingerprint density at radius 3 is 2.63 bits per heavy atom. The van der Waals surface area contributed by atoms with E-state index in [1.165, 1.54) is 12.1 Å². The Bertz CT molecular complexity index is 592. The zero-order valence-corrected chi connectivity index (χ0v) is 11.6. The quantitative estimate of drug-likeness (QED) is 0.840. The minimum Gasteiger partial charge on any atom is -0.349 e. The van der Waals surface area contributed by atoms with Crippen LogP contribution in [0.2, 0.25) is 0 Å². The maximum Gasteiger partial charge on any atom is 0.271 e. The van der Waals surface area contributed by atoms with Crippen LogP contribution < -0.4 is 10.9 Å². The molecule has 2 rings (SSSR count). The van der Waals surface area contributed by atoms with Gasteiger partial charge >= 0.3 is 0 Å². The molecule has 0 fully saturated rings. The highest BCUT2D eigenvalue weighted by Crippen LogP contribution is 2.20. The molecule has 2 aromatic rings. The van der Waals surface area contributed by atoms with Crippen molar-refractivity contribution in [3.8, 4) is 0 Å². The monoisotopic (exact) mass is 321 g/mol. The normalized spacial score (nSPS) is 11.8. The Labute approximate surface area is 118 Å². The van der Waals surface area contributed by atoms with Gasteiger partial charge in [-0.1, -0.05) is 46.3 Å². The van der Waals surface area contributed by atoms with Gasteiger partial charge in [0.05, 0.1) is 4.83 Å². The summed E-state index contributed by atoms with van der Waals surface area (Å²) in [7, 11) is 0. The molecule has 0 bridgehead atoms. The van der Waals surface area contributed by atoms with Crippen LogP contribution >= 0.6 is 15.9 Å². The van der Waals surface area contributed by atoms with E-state index in [2.05, 4.69) is 31.4 Å². The van der Waals surface area contributed by atoms with Gasteiger partial charge in [0.2, 0.25) is 0 Å². The predicted octanol–water partition coefficient (Wildman–Crippen LogP) is 1.64. The number of aromatic amines is 1. The summed E-state index contributed by atoms with van der Waals surface area (Å²) in [5, 5.41) is 8.63. The Morgan fingerprint density at radius 2 is 2.00 bits per heavy atom. The molecule has 1 atom stereocenters. The van der Waals surface area contributed by atoms with E-state index in [1.807, 2.05) is 30.3 Å². The van der Waals surface area contributed by atoms with Crippen LogP contribution in [-0.4, -0.2) is 22.6 Å². The number of carbonyl (C=O) groups excluding carboxylic acids is 1. The molecule has 6 heteroatoms. The molecule has 98 valence electrons. The molecule has 0 aliphatic carbocycles. The fourth-order valence-electron chi connectivity index (χ4n) is 1.52. The summed E-state index contributed by atoms with van der Waals surface area (Å²) >= 11 is 3.51. The van der Waals surface area contributed by atoms with Gasteiger partial charge in [-0.3, -0.25) is 9.59 Å². The predicted molar refractivity (Wildman–Crippen MR) is 75.3 cm³/mol. The molecule has 0 radical (unpaired) electrons. The van der Waals surface area contributed by atoms with Crippen LogP contribution in [0.3, 0.4) is 0 Å². The molecule has 1 aromatic heterocycles. The summed E-state index contributed by atoms with van der Waals surface area (Å²) in [6.07, 6.45) is 0. The molecule has 1 amide bonds. The summed E-state index contributed by atoms with van der Waals surface area (Å²) in [6, 6.07) is 12.4. The zero-order valence-electron chi connectivity index (χ0n) is 9.97. The van der Waals surface area contributed by atoms with Crippen molar-refractivity contribution in [3.05, 3.63) is 64.1 Å². The first-order valence-corrected chi connectivity index (χ1v) is 6.61. The highest BCUT2D eigenvalue weighted by molar-refractivity contribution is 9.09. The third kappa shape index (κ3) is 3.75. The molecule has 0 saturated carbocycles. The molecule has 0 spiro atoms. The highest BCUT2D eigenvalue weighted by Gasteiger charge is 2.11. The van der Waals surface area contributed by atoms with Gasteiger partial charge in [0.15, 0.2) is 0 Å². The summed E-state index contributed by atoms with van der Waals surface area (Å²) in [5.74, 6) is -0.323. The van der Waals surface area contributed by atoms with Crippen molar-refractivity contribution in [2.24, 2.45) is 0 Å². The molecule has 2 N–H and O–H groups in total. The fourth-order valence-corrected chi connectivity index (χ4v) is 1.99. The SMILES string of the molecule is O=C(NCC(Br)c1ccccc1)c1ccc(=O)[nH]n1. The second-order valence-electron chi connectivity index (χ2n) is 3.89. The third-order valence-electron chi connectivity index (χ3n) is 2.51. The largest absolute Gasteiger partial charge is 0.349 e. The molecular formula is C13H12BrN3O2. The number of benzene rings is 1. The maximum atomic E-state index is 11.8. The van der Waals surface area contributed by atoms with Crippen molar-refractivity contribution in [2.45, 2.75) is 4.83 Å². The van der Waals surface area contributed by atoms with Crippen molar-refractivity contribution >= 4 is 21.8 Å². The first kappa shape index (κ1) is 13.5. The molecule has 5 nitrogen and oxygen atoms in total. The smallest absolute Gasteiger partial charge is 0.271 e. The van der Waals surface area contributed by atoms with Crippen LogP contribution in [0.1, 0.15) is 20.9 Å². The van der Waals surface area contributed by atoms with Crippen LogP contribution in [0, 0.1) is 0 Å².